The maximum Gasteiger partial charge on any atom is 0.0822 e. The van der Waals surface area contributed by atoms with Gasteiger partial charge in [-0.3, -0.25) is 0 Å². The smallest absolute Gasteiger partial charge is 0.0822 e. The van der Waals surface area contributed by atoms with Crippen molar-refractivity contribution >= 4 is 0 Å². The molecule has 0 saturated carbocycles. The van der Waals surface area contributed by atoms with Crippen LogP contribution in [-0.4, -0.2) is 6.61 Å². The molecule has 0 aromatic rings. The van der Waals surface area contributed by atoms with Gasteiger partial charge in [0.05, 0.1) is 6.61 Å². The Balaban J connectivity index is 2.80. The van der Waals surface area contributed by atoms with Crippen molar-refractivity contribution in [2.75, 3.05) is 6.61 Å². The van der Waals surface area contributed by atoms with Crippen molar-refractivity contribution < 1.29 is 5.11 Å². The van der Waals surface area contributed by atoms with Crippen LogP contribution in [0.2, 0.25) is 0 Å². The Bertz CT molecular complexity index is 96.9. The molecule has 0 N–H and O–H groups in total. The van der Waals surface area contributed by atoms with Gasteiger partial charge in [0.1, 0.15) is 0 Å². The van der Waals surface area contributed by atoms with Crippen LogP contribution in [-0.2, 0) is 5.11 Å². The molecule has 9 heavy (non-hydrogen) atoms. The summed E-state index contributed by atoms with van der Waals surface area (Å²) in [6, 6.07) is 0. The van der Waals surface area contributed by atoms with Crippen LogP contribution in [0.5, 0.6) is 0 Å². The first kappa shape index (κ1) is 8.52. The van der Waals surface area contributed by atoms with Gasteiger partial charge in [0.25, 0.3) is 0 Å². The van der Waals surface area contributed by atoms with E-state index < -0.39 is 0 Å². The van der Waals surface area contributed by atoms with Gasteiger partial charge in [0, 0.05) is 6.42 Å². The van der Waals surface area contributed by atoms with E-state index in [-0.39, 0.29) is 6.61 Å². The van der Waals surface area contributed by atoms with E-state index in [1.165, 1.54) is 0 Å². The topological polar surface area (TPSA) is 19.9 Å². The highest BCUT2D eigenvalue weighted by molar-refractivity contribution is 4.94. The van der Waals surface area contributed by atoms with Crippen LogP contribution in [0, 0.1) is 11.8 Å². The van der Waals surface area contributed by atoms with Gasteiger partial charge >= 0.3 is 0 Å². The minimum absolute atomic E-state index is 0.0690. The molecule has 0 heterocycles. The van der Waals surface area contributed by atoms with E-state index in [2.05, 4.69) is 11.8 Å². The van der Waals surface area contributed by atoms with Crippen molar-refractivity contribution in [3.05, 3.63) is 0 Å². The standard InChI is InChI=1S/C8H13O/c1-2-3-4-5-6-7-8-9/h4-8H2,1H3. The summed E-state index contributed by atoms with van der Waals surface area (Å²) >= 11 is 0. The molecule has 51 valence electrons. The van der Waals surface area contributed by atoms with Crippen LogP contribution in [0.25, 0.3) is 0 Å². The summed E-state index contributed by atoms with van der Waals surface area (Å²) in [6.07, 6.45) is 3.89. The molecule has 1 heteroatoms. The lowest BCUT2D eigenvalue weighted by molar-refractivity contribution is 0.186. The minimum Gasteiger partial charge on any atom is -0.237 e. The Morgan fingerprint density at radius 3 is 2.56 bits per heavy atom. The zero-order valence-electron chi connectivity index (χ0n) is 5.94. The molecule has 0 amide bonds. The maximum absolute atomic E-state index is 9.93. The average Bonchev–Trinajstić information content (AvgIpc) is 1.89. The summed E-state index contributed by atoms with van der Waals surface area (Å²) in [6.45, 7) is 1.91. The molecule has 0 bridgehead atoms. The molecule has 0 atom stereocenters. The molecule has 0 unspecified atom stereocenters. The third-order valence-corrected chi connectivity index (χ3v) is 1.12. The van der Waals surface area contributed by atoms with Crippen LogP contribution in [0.1, 0.15) is 32.6 Å². The van der Waals surface area contributed by atoms with Crippen molar-refractivity contribution in [2.24, 2.45) is 0 Å². The summed E-state index contributed by atoms with van der Waals surface area (Å²) in [4.78, 5) is 0. The first-order valence-corrected chi connectivity index (χ1v) is 3.39. The van der Waals surface area contributed by atoms with E-state index in [9.17, 15) is 5.11 Å². The van der Waals surface area contributed by atoms with Crippen molar-refractivity contribution in [3.8, 4) is 11.8 Å². The van der Waals surface area contributed by atoms with E-state index in [1.54, 1.807) is 0 Å². The summed E-state index contributed by atoms with van der Waals surface area (Å²) < 4.78 is 0. The molecule has 0 rings (SSSR count). The fourth-order valence-corrected chi connectivity index (χ4v) is 0.617. The van der Waals surface area contributed by atoms with Crippen molar-refractivity contribution in [1.29, 1.82) is 0 Å². The highest BCUT2D eigenvalue weighted by Crippen LogP contribution is 1.96. The molecule has 0 aromatic heterocycles. The quantitative estimate of drug-likeness (QED) is 0.404. The second-order valence-corrected chi connectivity index (χ2v) is 1.94. The van der Waals surface area contributed by atoms with Crippen LogP contribution in [0.15, 0.2) is 0 Å². The van der Waals surface area contributed by atoms with E-state index >= 15 is 0 Å². The van der Waals surface area contributed by atoms with Crippen molar-refractivity contribution in [1.82, 2.24) is 0 Å². The summed E-state index contributed by atoms with van der Waals surface area (Å²) in [7, 11) is 0. The molecular formula is C8H13O. The maximum atomic E-state index is 9.93. The van der Waals surface area contributed by atoms with Gasteiger partial charge in [-0.1, -0.05) is 6.42 Å². The van der Waals surface area contributed by atoms with Gasteiger partial charge in [0.15, 0.2) is 0 Å². The molecule has 0 aliphatic carbocycles. The lowest BCUT2D eigenvalue weighted by Crippen LogP contribution is -1.79. The summed E-state index contributed by atoms with van der Waals surface area (Å²) in [5, 5.41) is 9.93. The van der Waals surface area contributed by atoms with Crippen molar-refractivity contribution in [2.45, 2.75) is 32.6 Å². The van der Waals surface area contributed by atoms with Crippen LogP contribution >= 0.6 is 0 Å². The molecule has 0 aliphatic heterocycles. The van der Waals surface area contributed by atoms with Crippen LogP contribution < -0.4 is 0 Å². The molecule has 1 nitrogen and oxygen atoms in total. The minimum atomic E-state index is 0.0690. The number of unbranched alkanes of at least 4 members (excludes halogenated alkanes) is 3. The molecule has 0 fully saturated rings. The summed E-state index contributed by atoms with van der Waals surface area (Å²) in [5.74, 6) is 5.77. The molecule has 0 spiro atoms. The largest absolute Gasteiger partial charge is 0.237 e. The zero-order valence-corrected chi connectivity index (χ0v) is 5.94. The highest BCUT2D eigenvalue weighted by Gasteiger charge is 1.83. The third-order valence-electron chi connectivity index (χ3n) is 1.12. The van der Waals surface area contributed by atoms with Gasteiger partial charge in [-0.05, 0) is 19.8 Å². The second kappa shape index (κ2) is 7.52. The van der Waals surface area contributed by atoms with Crippen LogP contribution in [0.4, 0.5) is 0 Å². The van der Waals surface area contributed by atoms with E-state index in [4.69, 9.17) is 0 Å². The van der Waals surface area contributed by atoms with Crippen molar-refractivity contribution in [3.63, 3.8) is 0 Å². The Morgan fingerprint density at radius 1 is 1.22 bits per heavy atom. The van der Waals surface area contributed by atoms with Crippen LogP contribution in [0.3, 0.4) is 0 Å². The van der Waals surface area contributed by atoms with Gasteiger partial charge in [0.2, 0.25) is 0 Å². The van der Waals surface area contributed by atoms with E-state index in [0.717, 1.165) is 25.7 Å². The number of hydrogen-bond donors (Lipinski definition) is 0. The zero-order chi connectivity index (χ0) is 6.95. The SMILES string of the molecule is CC#CCCCCC[O]. The van der Waals surface area contributed by atoms with E-state index in [0.29, 0.717) is 0 Å². The lowest BCUT2D eigenvalue weighted by Gasteiger charge is -1.89. The van der Waals surface area contributed by atoms with Gasteiger partial charge in [-0.2, -0.15) is 0 Å². The predicted octanol–water partition coefficient (Wildman–Crippen LogP) is 2.00. The second-order valence-electron chi connectivity index (χ2n) is 1.94. The molecule has 0 saturated heterocycles. The van der Waals surface area contributed by atoms with Gasteiger partial charge in [-0.25, -0.2) is 5.11 Å². The Morgan fingerprint density at radius 2 is 2.00 bits per heavy atom. The number of hydrogen-bond acceptors (Lipinski definition) is 0. The molecule has 0 aliphatic rings. The summed E-state index contributed by atoms with van der Waals surface area (Å²) in [5.41, 5.74) is 0. The van der Waals surface area contributed by atoms with Gasteiger partial charge < -0.3 is 0 Å². The molecular weight excluding hydrogens is 112 g/mol. The monoisotopic (exact) mass is 125 g/mol. The Kier molecular flexibility index (Phi) is 7.12. The molecule has 0 aromatic carbocycles. The average molecular weight is 125 g/mol. The Hall–Kier alpha value is -0.480. The fourth-order valence-electron chi connectivity index (χ4n) is 0.617. The predicted molar refractivity (Wildman–Crippen MR) is 37.5 cm³/mol. The Labute approximate surface area is 57.1 Å². The number of rotatable bonds is 4. The normalized spacial score (nSPS) is 8.22. The molecule has 1 radical (unpaired) electrons. The third kappa shape index (κ3) is 7.52. The van der Waals surface area contributed by atoms with E-state index in [1.807, 2.05) is 6.92 Å². The first-order valence-electron chi connectivity index (χ1n) is 3.39. The first-order chi connectivity index (χ1) is 4.41. The fraction of sp³-hybridized carbons (Fsp3) is 0.750. The highest BCUT2D eigenvalue weighted by atomic mass is 16.2. The lowest BCUT2D eigenvalue weighted by atomic mass is 10.2. The van der Waals surface area contributed by atoms with Gasteiger partial charge in [-0.15, -0.1) is 11.8 Å².